The summed E-state index contributed by atoms with van der Waals surface area (Å²) in [5, 5.41) is 0.417. The van der Waals surface area contributed by atoms with Crippen LogP contribution in [0.3, 0.4) is 0 Å². The van der Waals surface area contributed by atoms with Crippen LogP contribution in [0.1, 0.15) is 34.6 Å². The number of carbonyl (C=O) groups is 2. The molecule has 39 heavy (non-hydrogen) atoms. The number of nitrogens with zero attached hydrogens (tertiary/aromatic N) is 2. The van der Waals surface area contributed by atoms with E-state index in [9.17, 15) is 18.0 Å². The highest BCUT2D eigenvalue weighted by molar-refractivity contribution is 7.92. The van der Waals surface area contributed by atoms with Gasteiger partial charge in [0.15, 0.2) is 4.80 Å². The van der Waals surface area contributed by atoms with Gasteiger partial charge in [0.1, 0.15) is 0 Å². The molecule has 0 aliphatic heterocycles. The van der Waals surface area contributed by atoms with Crippen molar-refractivity contribution < 1.29 is 27.5 Å². The van der Waals surface area contributed by atoms with Crippen LogP contribution in [0.25, 0.3) is 10.2 Å². The van der Waals surface area contributed by atoms with E-state index in [0.29, 0.717) is 35.1 Å². The molecule has 12 heteroatoms. The number of hydrogen-bond donors (Lipinski definition) is 1. The molecular formula is C27H26ClN3O6S2. The van der Waals surface area contributed by atoms with Gasteiger partial charge in [0.2, 0.25) is 0 Å². The molecule has 9 nitrogen and oxygen atoms in total. The first-order valence-electron chi connectivity index (χ1n) is 12.1. The van der Waals surface area contributed by atoms with Crippen LogP contribution in [0.4, 0.5) is 5.69 Å². The van der Waals surface area contributed by atoms with Crippen LogP contribution in [-0.2, 0) is 26.0 Å². The van der Waals surface area contributed by atoms with E-state index in [1.807, 2.05) is 11.5 Å². The van der Waals surface area contributed by atoms with Crippen molar-refractivity contribution in [1.29, 1.82) is 0 Å². The zero-order chi connectivity index (χ0) is 28.0. The average Bonchev–Trinajstić information content (AvgIpc) is 3.25. The summed E-state index contributed by atoms with van der Waals surface area (Å²) in [6.45, 7) is 5.29. The normalized spacial score (nSPS) is 12.0. The maximum absolute atomic E-state index is 13.2. The Morgan fingerprint density at radius 2 is 1.77 bits per heavy atom. The second-order valence-corrected chi connectivity index (χ2v) is 11.3. The van der Waals surface area contributed by atoms with Gasteiger partial charge in [-0.2, -0.15) is 4.99 Å². The number of fused-ring (bicyclic) bond motifs is 1. The number of benzene rings is 3. The van der Waals surface area contributed by atoms with Crippen LogP contribution >= 0.6 is 22.9 Å². The SMILES string of the molecule is CCOCCn1c(=NC(=O)c2cccc(NS(=O)(=O)c3ccc(Cl)cc3)c2)sc2cc(C(=O)OCC)ccc21. The number of anilines is 1. The summed E-state index contributed by atoms with van der Waals surface area (Å²) in [6, 6.07) is 17.0. The lowest BCUT2D eigenvalue weighted by atomic mass is 10.2. The van der Waals surface area contributed by atoms with Crippen LogP contribution in [0.2, 0.25) is 5.02 Å². The Hall–Kier alpha value is -3.51. The van der Waals surface area contributed by atoms with Crippen molar-refractivity contribution in [2.24, 2.45) is 4.99 Å². The van der Waals surface area contributed by atoms with E-state index >= 15 is 0 Å². The number of carbonyl (C=O) groups excluding carboxylic acids is 2. The molecule has 4 rings (SSSR count). The minimum absolute atomic E-state index is 0.0381. The lowest BCUT2D eigenvalue weighted by Gasteiger charge is -2.09. The van der Waals surface area contributed by atoms with Gasteiger partial charge in [0, 0.05) is 29.4 Å². The first-order valence-corrected chi connectivity index (χ1v) is 14.8. The Balaban J connectivity index is 1.67. The highest BCUT2D eigenvalue weighted by atomic mass is 35.5. The number of ether oxygens (including phenoxy) is 2. The van der Waals surface area contributed by atoms with Crippen LogP contribution in [0.5, 0.6) is 0 Å². The predicted molar refractivity (Wildman–Crippen MR) is 151 cm³/mol. The average molecular weight is 588 g/mol. The third-order valence-electron chi connectivity index (χ3n) is 5.54. The van der Waals surface area contributed by atoms with Crippen molar-refractivity contribution in [2.45, 2.75) is 25.3 Å². The van der Waals surface area contributed by atoms with Gasteiger partial charge in [-0.25, -0.2) is 13.2 Å². The summed E-state index contributed by atoms with van der Waals surface area (Å²) in [5.41, 5.74) is 1.61. The van der Waals surface area contributed by atoms with Gasteiger partial charge in [-0.1, -0.05) is 29.0 Å². The van der Waals surface area contributed by atoms with Crippen molar-refractivity contribution in [3.8, 4) is 0 Å². The summed E-state index contributed by atoms with van der Waals surface area (Å²) >= 11 is 7.12. The zero-order valence-electron chi connectivity index (χ0n) is 21.2. The first kappa shape index (κ1) is 28.5. The Bertz CT molecular complexity index is 1680. The van der Waals surface area contributed by atoms with Crippen LogP contribution in [-0.4, -0.2) is 44.7 Å². The Morgan fingerprint density at radius 1 is 1.00 bits per heavy atom. The van der Waals surface area contributed by atoms with E-state index in [2.05, 4.69) is 9.71 Å². The number of nitrogens with one attached hydrogen (secondary N) is 1. The topological polar surface area (TPSA) is 116 Å². The Kier molecular flexibility index (Phi) is 9.18. The third-order valence-corrected chi connectivity index (χ3v) is 8.23. The second-order valence-electron chi connectivity index (χ2n) is 8.19. The number of halogens is 1. The highest BCUT2D eigenvalue weighted by Crippen LogP contribution is 2.22. The number of esters is 1. The van der Waals surface area contributed by atoms with Gasteiger partial charge >= 0.3 is 5.97 Å². The van der Waals surface area contributed by atoms with E-state index in [-0.39, 0.29) is 22.8 Å². The molecule has 0 fully saturated rings. The number of sulfonamides is 1. The van der Waals surface area contributed by atoms with Gasteiger partial charge in [-0.15, -0.1) is 0 Å². The van der Waals surface area contributed by atoms with Crippen LogP contribution < -0.4 is 9.52 Å². The molecule has 0 bridgehead atoms. The van der Waals surface area contributed by atoms with E-state index < -0.39 is 21.9 Å². The molecule has 0 atom stereocenters. The summed E-state index contributed by atoms with van der Waals surface area (Å²) in [4.78, 5) is 30.2. The maximum Gasteiger partial charge on any atom is 0.338 e. The van der Waals surface area contributed by atoms with Crippen molar-refractivity contribution in [3.05, 3.63) is 87.7 Å². The van der Waals surface area contributed by atoms with Crippen molar-refractivity contribution >= 4 is 60.7 Å². The quantitative estimate of drug-likeness (QED) is 0.204. The molecule has 1 heterocycles. The molecular weight excluding hydrogens is 562 g/mol. The summed E-state index contributed by atoms with van der Waals surface area (Å²) in [5.74, 6) is -0.981. The predicted octanol–water partition coefficient (Wildman–Crippen LogP) is 5.11. The summed E-state index contributed by atoms with van der Waals surface area (Å²) in [6.07, 6.45) is 0. The van der Waals surface area contributed by atoms with Crippen molar-refractivity contribution in [1.82, 2.24) is 4.57 Å². The molecule has 0 aliphatic carbocycles. The minimum Gasteiger partial charge on any atom is -0.462 e. The fourth-order valence-corrected chi connectivity index (χ4v) is 5.98. The molecule has 1 aromatic heterocycles. The maximum atomic E-state index is 13.2. The monoisotopic (exact) mass is 587 g/mol. The van der Waals surface area contributed by atoms with Crippen molar-refractivity contribution in [3.63, 3.8) is 0 Å². The standard InChI is InChI=1S/C27H26ClN3O6S2/c1-3-36-15-14-31-23-13-8-19(26(33)37-4-2)17-24(23)38-27(31)29-25(32)18-6-5-7-21(16-18)30-39(34,35)22-11-9-20(28)10-12-22/h5-13,16-17,30H,3-4,14-15H2,1-2H3. The smallest absolute Gasteiger partial charge is 0.338 e. The van der Waals surface area contributed by atoms with Gasteiger partial charge < -0.3 is 14.0 Å². The van der Waals surface area contributed by atoms with Gasteiger partial charge in [0.25, 0.3) is 15.9 Å². The molecule has 0 saturated heterocycles. The molecule has 1 amide bonds. The van der Waals surface area contributed by atoms with Crippen molar-refractivity contribution in [2.75, 3.05) is 24.5 Å². The second kappa shape index (κ2) is 12.6. The third kappa shape index (κ3) is 6.93. The molecule has 0 unspecified atom stereocenters. The van der Waals surface area contributed by atoms with Crippen LogP contribution in [0.15, 0.2) is 76.6 Å². The first-order chi connectivity index (χ1) is 18.7. The molecule has 1 N–H and O–H groups in total. The van der Waals surface area contributed by atoms with Gasteiger partial charge in [-0.05, 0) is 74.5 Å². The van der Waals surface area contributed by atoms with E-state index in [4.69, 9.17) is 21.1 Å². The molecule has 204 valence electrons. The minimum atomic E-state index is -3.89. The largest absolute Gasteiger partial charge is 0.462 e. The molecule has 0 saturated carbocycles. The van der Waals surface area contributed by atoms with E-state index in [1.54, 1.807) is 43.3 Å². The fourth-order valence-electron chi connectivity index (χ4n) is 3.71. The summed E-state index contributed by atoms with van der Waals surface area (Å²) < 4.78 is 41.2. The number of rotatable bonds is 10. The number of amides is 1. The molecule has 3 aromatic carbocycles. The molecule has 0 aliphatic rings. The number of hydrogen-bond acceptors (Lipinski definition) is 7. The Labute approximate surface area is 234 Å². The zero-order valence-corrected chi connectivity index (χ0v) is 23.6. The van der Waals surface area contributed by atoms with Crippen LogP contribution in [0, 0.1) is 0 Å². The summed E-state index contributed by atoms with van der Waals surface area (Å²) in [7, 11) is -3.89. The highest BCUT2D eigenvalue weighted by Gasteiger charge is 2.16. The fraction of sp³-hybridized carbons (Fsp3) is 0.222. The Morgan fingerprint density at radius 3 is 2.49 bits per heavy atom. The molecule has 4 aromatic rings. The van der Waals surface area contributed by atoms with Gasteiger partial charge in [0.05, 0.1) is 33.9 Å². The van der Waals surface area contributed by atoms with E-state index in [0.717, 1.165) is 10.2 Å². The molecule has 0 spiro atoms. The molecule has 0 radical (unpaired) electrons. The lowest BCUT2D eigenvalue weighted by Crippen LogP contribution is -2.20. The van der Waals surface area contributed by atoms with Gasteiger partial charge in [-0.3, -0.25) is 9.52 Å². The number of thiazole rings is 1. The van der Waals surface area contributed by atoms with E-state index in [1.165, 1.54) is 41.7 Å². The number of aromatic nitrogens is 1. The lowest BCUT2D eigenvalue weighted by molar-refractivity contribution is 0.0526.